The molecule has 0 saturated carbocycles. The first-order valence-electron chi connectivity index (χ1n) is 7.46. The number of rotatable bonds is 9. The molecular weight excluding hydrogens is 236 g/mol. The Hall–Kier alpha value is -1.06. The Morgan fingerprint density at radius 3 is 2.53 bits per heavy atom. The summed E-state index contributed by atoms with van der Waals surface area (Å²) >= 11 is 0. The van der Waals surface area contributed by atoms with E-state index in [0.29, 0.717) is 6.04 Å². The van der Waals surface area contributed by atoms with Crippen molar-refractivity contribution >= 4 is 5.69 Å². The van der Waals surface area contributed by atoms with Crippen molar-refractivity contribution in [2.75, 3.05) is 31.1 Å². The molecule has 1 unspecified atom stereocenters. The van der Waals surface area contributed by atoms with Gasteiger partial charge in [-0.15, -0.1) is 0 Å². The molecule has 0 amide bonds. The van der Waals surface area contributed by atoms with Crippen molar-refractivity contribution in [2.24, 2.45) is 0 Å². The van der Waals surface area contributed by atoms with Crippen LogP contribution in [0, 0.1) is 0 Å². The quantitative estimate of drug-likeness (QED) is 0.720. The predicted octanol–water partition coefficient (Wildman–Crippen LogP) is 2.96. The minimum absolute atomic E-state index is 0.253. The fourth-order valence-electron chi connectivity index (χ4n) is 2.50. The minimum Gasteiger partial charge on any atom is -0.396 e. The number of benzene rings is 1. The van der Waals surface area contributed by atoms with Gasteiger partial charge in [0.05, 0.1) is 0 Å². The van der Waals surface area contributed by atoms with Gasteiger partial charge in [-0.05, 0) is 37.9 Å². The summed E-state index contributed by atoms with van der Waals surface area (Å²) < 4.78 is 0. The Labute approximate surface area is 117 Å². The molecule has 108 valence electrons. The van der Waals surface area contributed by atoms with E-state index in [-0.39, 0.29) is 6.61 Å². The lowest BCUT2D eigenvalue weighted by molar-refractivity contribution is 0.289. The molecule has 1 rings (SSSR count). The number of nitrogens with one attached hydrogen (secondary N) is 1. The van der Waals surface area contributed by atoms with Crippen molar-refractivity contribution in [3.05, 3.63) is 29.8 Å². The number of aliphatic hydroxyl groups is 1. The number of hydrogen-bond acceptors (Lipinski definition) is 3. The van der Waals surface area contributed by atoms with Crippen LogP contribution in [-0.4, -0.2) is 31.3 Å². The first kappa shape index (κ1) is 16.0. The van der Waals surface area contributed by atoms with Crippen molar-refractivity contribution < 1.29 is 5.11 Å². The van der Waals surface area contributed by atoms with E-state index >= 15 is 0 Å². The molecule has 0 fully saturated rings. The smallest absolute Gasteiger partial charge is 0.0447 e. The van der Waals surface area contributed by atoms with Crippen LogP contribution in [0.15, 0.2) is 24.3 Å². The highest BCUT2D eigenvalue weighted by Gasteiger charge is 2.15. The largest absolute Gasteiger partial charge is 0.396 e. The molecule has 0 radical (unpaired) electrons. The lowest BCUT2D eigenvalue weighted by atomic mass is 10.0. The molecule has 0 aliphatic rings. The zero-order valence-electron chi connectivity index (χ0n) is 12.5. The van der Waals surface area contributed by atoms with Crippen molar-refractivity contribution in [1.82, 2.24) is 5.32 Å². The van der Waals surface area contributed by atoms with Gasteiger partial charge < -0.3 is 15.3 Å². The Morgan fingerprint density at radius 1 is 1.21 bits per heavy atom. The fourth-order valence-corrected chi connectivity index (χ4v) is 2.50. The number of hydrogen-bond donors (Lipinski definition) is 2. The van der Waals surface area contributed by atoms with E-state index in [1.165, 1.54) is 11.3 Å². The van der Waals surface area contributed by atoms with Crippen molar-refractivity contribution in [3.63, 3.8) is 0 Å². The Kier molecular flexibility index (Phi) is 7.53. The molecule has 3 heteroatoms. The zero-order valence-corrected chi connectivity index (χ0v) is 12.5. The molecule has 0 aliphatic heterocycles. The van der Waals surface area contributed by atoms with E-state index < -0.39 is 0 Å². The molecule has 1 atom stereocenters. The molecular formula is C16H28N2O. The first-order valence-corrected chi connectivity index (χ1v) is 7.46. The number of para-hydroxylation sites is 1. The van der Waals surface area contributed by atoms with Crippen molar-refractivity contribution in [3.8, 4) is 0 Å². The van der Waals surface area contributed by atoms with Gasteiger partial charge in [0.1, 0.15) is 0 Å². The van der Waals surface area contributed by atoms with Crippen LogP contribution in [0.1, 0.15) is 45.2 Å². The standard InChI is InChI=1S/C16H28N2O/c1-4-15(17-5-2)14-10-7-8-11-16(14)18(6-3)12-9-13-19/h7-8,10-11,15,17,19H,4-6,9,12-13H2,1-3H3. The summed E-state index contributed by atoms with van der Waals surface area (Å²) in [4.78, 5) is 2.35. The van der Waals surface area contributed by atoms with Crippen LogP contribution in [0.2, 0.25) is 0 Å². The van der Waals surface area contributed by atoms with Crippen LogP contribution in [0.4, 0.5) is 5.69 Å². The SMILES string of the molecule is CCNC(CC)c1ccccc1N(CC)CCCO. The fraction of sp³-hybridized carbons (Fsp3) is 0.625. The van der Waals surface area contributed by atoms with Gasteiger partial charge in [0.2, 0.25) is 0 Å². The van der Waals surface area contributed by atoms with Crippen molar-refractivity contribution in [2.45, 2.75) is 39.7 Å². The second kappa shape index (κ2) is 8.94. The van der Waals surface area contributed by atoms with E-state index in [9.17, 15) is 0 Å². The maximum atomic E-state index is 9.03. The number of nitrogens with zero attached hydrogens (tertiary/aromatic N) is 1. The molecule has 1 aromatic carbocycles. The molecule has 0 aromatic heterocycles. The molecule has 0 spiro atoms. The molecule has 3 nitrogen and oxygen atoms in total. The molecule has 0 heterocycles. The molecule has 0 bridgehead atoms. The van der Waals surface area contributed by atoms with Crippen LogP contribution < -0.4 is 10.2 Å². The highest BCUT2D eigenvalue weighted by Crippen LogP contribution is 2.28. The van der Waals surface area contributed by atoms with Gasteiger partial charge in [-0.2, -0.15) is 0 Å². The summed E-state index contributed by atoms with van der Waals surface area (Å²) in [6.07, 6.45) is 1.91. The third-order valence-electron chi connectivity index (χ3n) is 3.48. The molecule has 1 aromatic rings. The lowest BCUT2D eigenvalue weighted by Crippen LogP contribution is -2.28. The first-order chi connectivity index (χ1) is 9.28. The van der Waals surface area contributed by atoms with Gasteiger partial charge in [0, 0.05) is 31.4 Å². The average Bonchev–Trinajstić information content (AvgIpc) is 2.46. The second-order valence-electron chi connectivity index (χ2n) is 4.73. The summed E-state index contributed by atoms with van der Waals surface area (Å²) in [5.41, 5.74) is 2.66. The monoisotopic (exact) mass is 264 g/mol. The highest BCUT2D eigenvalue weighted by atomic mass is 16.3. The summed E-state index contributed by atoms with van der Waals surface area (Å²) in [5, 5.41) is 12.6. The van der Waals surface area contributed by atoms with Gasteiger partial charge in [0.15, 0.2) is 0 Å². The molecule has 2 N–H and O–H groups in total. The topological polar surface area (TPSA) is 35.5 Å². The number of aliphatic hydroxyl groups excluding tert-OH is 1. The van der Waals surface area contributed by atoms with Gasteiger partial charge in [0.25, 0.3) is 0 Å². The zero-order chi connectivity index (χ0) is 14.1. The van der Waals surface area contributed by atoms with Gasteiger partial charge >= 0.3 is 0 Å². The second-order valence-corrected chi connectivity index (χ2v) is 4.73. The van der Waals surface area contributed by atoms with Crippen molar-refractivity contribution in [1.29, 1.82) is 0 Å². The third-order valence-corrected chi connectivity index (χ3v) is 3.48. The van der Waals surface area contributed by atoms with Crippen LogP contribution in [0.25, 0.3) is 0 Å². The summed E-state index contributed by atoms with van der Waals surface area (Å²) in [7, 11) is 0. The molecule has 19 heavy (non-hydrogen) atoms. The predicted molar refractivity (Wildman–Crippen MR) is 82.7 cm³/mol. The Balaban J connectivity index is 2.97. The summed E-state index contributed by atoms with van der Waals surface area (Å²) in [5.74, 6) is 0. The highest BCUT2D eigenvalue weighted by molar-refractivity contribution is 5.55. The van der Waals surface area contributed by atoms with E-state index in [1.807, 2.05) is 0 Å². The average molecular weight is 264 g/mol. The normalized spacial score (nSPS) is 12.4. The maximum Gasteiger partial charge on any atom is 0.0447 e. The van der Waals surface area contributed by atoms with E-state index in [0.717, 1.165) is 32.5 Å². The van der Waals surface area contributed by atoms with Crippen LogP contribution in [0.3, 0.4) is 0 Å². The van der Waals surface area contributed by atoms with Gasteiger partial charge in [-0.25, -0.2) is 0 Å². The Bertz CT molecular complexity index is 354. The van der Waals surface area contributed by atoms with Crippen LogP contribution >= 0.6 is 0 Å². The lowest BCUT2D eigenvalue weighted by Gasteiger charge is -2.28. The van der Waals surface area contributed by atoms with Gasteiger partial charge in [-0.3, -0.25) is 0 Å². The van der Waals surface area contributed by atoms with E-state index in [2.05, 4.69) is 55.3 Å². The van der Waals surface area contributed by atoms with E-state index in [4.69, 9.17) is 5.11 Å². The molecule has 0 saturated heterocycles. The third kappa shape index (κ3) is 4.51. The van der Waals surface area contributed by atoms with Crippen LogP contribution in [-0.2, 0) is 0 Å². The molecule has 0 aliphatic carbocycles. The van der Waals surface area contributed by atoms with Gasteiger partial charge in [-0.1, -0.05) is 32.0 Å². The maximum absolute atomic E-state index is 9.03. The van der Waals surface area contributed by atoms with E-state index in [1.54, 1.807) is 0 Å². The minimum atomic E-state index is 0.253. The van der Waals surface area contributed by atoms with Crippen LogP contribution in [0.5, 0.6) is 0 Å². The Morgan fingerprint density at radius 2 is 1.95 bits per heavy atom. The summed E-state index contributed by atoms with van der Waals surface area (Å²) in [6.45, 7) is 9.65. The summed E-state index contributed by atoms with van der Waals surface area (Å²) in [6, 6.07) is 9.02. The number of anilines is 1.